The number of rotatable bonds is 4. The van der Waals surface area contributed by atoms with E-state index in [-0.39, 0.29) is 0 Å². The zero-order valence-electron chi connectivity index (χ0n) is 9.05. The molecule has 0 saturated carbocycles. The molecule has 0 spiro atoms. The molecule has 1 aromatic heterocycles. The van der Waals surface area contributed by atoms with Crippen molar-refractivity contribution in [1.29, 1.82) is 0 Å². The molecule has 1 heterocycles. The molecule has 0 aliphatic rings. The van der Waals surface area contributed by atoms with E-state index in [9.17, 15) is 0 Å². The van der Waals surface area contributed by atoms with E-state index in [1.807, 2.05) is 56.4 Å². The standard InChI is InChI=1S/C13H15NO/c1-3-4-5-8-12(2)11-15-13-9-6-7-10-14-13/h3-11H,1-2H3/b4-3-,8-5-,12-11+. The smallest absolute Gasteiger partial charge is 0.218 e. The normalized spacial score (nSPS) is 12.5. The van der Waals surface area contributed by atoms with Crippen molar-refractivity contribution in [3.05, 3.63) is 60.5 Å². The van der Waals surface area contributed by atoms with Gasteiger partial charge in [0, 0.05) is 12.3 Å². The summed E-state index contributed by atoms with van der Waals surface area (Å²) in [6.45, 7) is 3.96. The maximum atomic E-state index is 5.35. The van der Waals surface area contributed by atoms with Crippen LogP contribution in [0.1, 0.15) is 13.8 Å². The molecule has 1 aromatic rings. The Morgan fingerprint density at radius 3 is 2.87 bits per heavy atom. The minimum atomic E-state index is 0.608. The van der Waals surface area contributed by atoms with Crippen LogP contribution in [0.4, 0.5) is 0 Å². The van der Waals surface area contributed by atoms with Gasteiger partial charge in [-0.2, -0.15) is 0 Å². The van der Waals surface area contributed by atoms with Gasteiger partial charge in [-0.15, -0.1) is 0 Å². The fourth-order valence-corrected chi connectivity index (χ4v) is 0.928. The van der Waals surface area contributed by atoms with E-state index in [4.69, 9.17) is 4.74 Å². The van der Waals surface area contributed by atoms with Crippen LogP contribution in [0.5, 0.6) is 5.88 Å². The lowest BCUT2D eigenvalue weighted by Gasteiger charge is -1.98. The highest BCUT2D eigenvalue weighted by Gasteiger charge is 1.88. The first-order valence-electron chi connectivity index (χ1n) is 4.87. The van der Waals surface area contributed by atoms with Crippen molar-refractivity contribution in [2.24, 2.45) is 0 Å². The summed E-state index contributed by atoms with van der Waals surface area (Å²) in [5, 5.41) is 0. The topological polar surface area (TPSA) is 22.1 Å². The number of ether oxygens (including phenoxy) is 1. The maximum absolute atomic E-state index is 5.35. The Morgan fingerprint density at radius 2 is 2.20 bits per heavy atom. The molecule has 0 fully saturated rings. The van der Waals surface area contributed by atoms with Crippen molar-refractivity contribution in [3.8, 4) is 5.88 Å². The Kier molecular flexibility index (Phi) is 4.95. The molecular formula is C13H15NO. The van der Waals surface area contributed by atoms with Crippen molar-refractivity contribution < 1.29 is 4.74 Å². The van der Waals surface area contributed by atoms with Crippen LogP contribution in [0, 0.1) is 0 Å². The summed E-state index contributed by atoms with van der Waals surface area (Å²) in [7, 11) is 0. The molecular weight excluding hydrogens is 186 g/mol. The summed E-state index contributed by atoms with van der Waals surface area (Å²) >= 11 is 0. The maximum Gasteiger partial charge on any atom is 0.218 e. The average Bonchev–Trinajstić information content (AvgIpc) is 2.28. The van der Waals surface area contributed by atoms with Gasteiger partial charge < -0.3 is 4.74 Å². The largest absolute Gasteiger partial charge is 0.446 e. The third kappa shape index (κ3) is 4.81. The number of nitrogens with zero attached hydrogens (tertiary/aromatic N) is 1. The Balaban J connectivity index is 2.51. The van der Waals surface area contributed by atoms with Crippen LogP contribution in [-0.2, 0) is 0 Å². The fraction of sp³-hybridized carbons (Fsp3) is 0.154. The Bertz CT molecular complexity index is 363. The molecule has 0 amide bonds. The van der Waals surface area contributed by atoms with E-state index in [0.29, 0.717) is 5.88 Å². The van der Waals surface area contributed by atoms with Gasteiger partial charge in [0.1, 0.15) is 0 Å². The summed E-state index contributed by atoms with van der Waals surface area (Å²) in [6.07, 6.45) is 11.3. The number of hydrogen-bond acceptors (Lipinski definition) is 2. The molecule has 0 aromatic carbocycles. The van der Waals surface area contributed by atoms with Gasteiger partial charge in [-0.1, -0.05) is 30.4 Å². The van der Waals surface area contributed by atoms with Crippen LogP contribution in [0.15, 0.2) is 60.5 Å². The van der Waals surface area contributed by atoms with Crippen LogP contribution in [0.2, 0.25) is 0 Å². The second kappa shape index (κ2) is 6.60. The number of pyridine rings is 1. The third-order valence-electron chi connectivity index (χ3n) is 1.67. The summed E-state index contributed by atoms with van der Waals surface area (Å²) in [5.74, 6) is 0.608. The number of allylic oxidation sites excluding steroid dienone is 5. The molecule has 2 heteroatoms. The first-order chi connectivity index (χ1) is 7.33. The molecule has 15 heavy (non-hydrogen) atoms. The van der Waals surface area contributed by atoms with Crippen molar-refractivity contribution in [2.45, 2.75) is 13.8 Å². The predicted octanol–water partition coefficient (Wildman–Crippen LogP) is 3.50. The lowest BCUT2D eigenvalue weighted by molar-refractivity contribution is 0.458. The van der Waals surface area contributed by atoms with Gasteiger partial charge in [0.2, 0.25) is 5.88 Å². The van der Waals surface area contributed by atoms with Crippen LogP contribution in [0.3, 0.4) is 0 Å². The van der Waals surface area contributed by atoms with E-state index in [1.165, 1.54) is 0 Å². The molecule has 78 valence electrons. The zero-order valence-corrected chi connectivity index (χ0v) is 9.05. The lowest BCUT2D eigenvalue weighted by atomic mass is 10.3. The van der Waals surface area contributed by atoms with Crippen LogP contribution in [-0.4, -0.2) is 4.98 Å². The minimum absolute atomic E-state index is 0.608. The van der Waals surface area contributed by atoms with Crippen molar-refractivity contribution in [1.82, 2.24) is 4.98 Å². The lowest BCUT2D eigenvalue weighted by Crippen LogP contribution is -1.86. The first kappa shape index (κ1) is 11.2. The van der Waals surface area contributed by atoms with Gasteiger partial charge in [0.05, 0.1) is 6.26 Å². The highest BCUT2D eigenvalue weighted by atomic mass is 16.5. The van der Waals surface area contributed by atoms with Gasteiger partial charge in [-0.25, -0.2) is 4.98 Å². The van der Waals surface area contributed by atoms with Gasteiger partial charge in [0.25, 0.3) is 0 Å². The second-order valence-electron chi connectivity index (χ2n) is 3.03. The van der Waals surface area contributed by atoms with Crippen LogP contribution < -0.4 is 4.74 Å². The highest BCUT2D eigenvalue weighted by Crippen LogP contribution is 2.05. The van der Waals surface area contributed by atoms with Crippen molar-refractivity contribution in [3.63, 3.8) is 0 Å². The van der Waals surface area contributed by atoms with Crippen LogP contribution in [0.25, 0.3) is 0 Å². The first-order valence-corrected chi connectivity index (χ1v) is 4.87. The highest BCUT2D eigenvalue weighted by molar-refractivity contribution is 5.20. The van der Waals surface area contributed by atoms with E-state index in [2.05, 4.69) is 4.98 Å². The summed E-state index contributed by atoms with van der Waals surface area (Å²) < 4.78 is 5.35. The minimum Gasteiger partial charge on any atom is -0.446 e. The predicted molar refractivity (Wildman–Crippen MR) is 62.6 cm³/mol. The van der Waals surface area contributed by atoms with Gasteiger partial charge in [-0.3, -0.25) is 0 Å². The molecule has 0 aliphatic carbocycles. The third-order valence-corrected chi connectivity index (χ3v) is 1.67. The number of aromatic nitrogens is 1. The van der Waals surface area contributed by atoms with Crippen molar-refractivity contribution in [2.75, 3.05) is 0 Å². The SMILES string of the molecule is C\C=C/C=C\C(C)=C\Oc1ccccn1. The number of hydrogen-bond donors (Lipinski definition) is 0. The van der Waals surface area contributed by atoms with Gasteiger partial charge in [0.15, 0.2) is 0 Å². The Hall–Kier alpha value is -1.83. The quantitative estimate of drug-likeness (QED) is 0.549. The molecule has 0 unspecified atom stereocenters. The summed E-state index contributed by atoms with van der Waals surface area (Å²) in [4.78, 5) is 4.04. The molecule has 0 saturated heterocycles. The fourth-order valence-electron chi connectivity index (χ4n) is 0.928. The van der Waals surface area contributed by atoms with E-state index >= 15 is 0 Å². The van der Waals surface area contributed by atoms with Crippen LogP contribution >= 0.6 is 0 Å². The Labute approximate surface area is 90.6 Å². The van der Waals surface area contributed by atoms with Gasteiger partial charge >= 0.3 is 0 Å². The molecule has 0 radical (unpaired) electrons. The van der Waals surface area contributed by atoms with E-state index in [0.717, 1.165) is 5.57 Å². The molecule has 0 aliphatic heterocycles. The van der Waals surface area contributed by atoms with E-state index in [1.54, 1.807) is 12.5 Å². The summed E-state index contributed by atoms with van der Waals surface area (Å²) in [6, 6.07) is 5.57. The van der Waals surface area contributed by atoms with E-state index < -0.39 is 0 Å². The zero-order chi connectivity index (χ0) is 10.9. The van der Waals surface area contributed by atoms with Gasteiger partial charge in [-0.05, 0) is 25.5 Å². The molecule has 2 nitrogen and oxygen atoms in total. The van der Waals surface area contributed by atoms with Crippen molar-refractivity contribution >= 4 is 0 Å². The monoisotopic (exact) mass is 201 g/mol. The molecule has 0 bridgehead atoms. The molecule has 0 N–H and O–H groups in total. The average molecular weight is 201 g/mol. The Morgan fingerprint density at radius 1 is 1.33 bits per heavy atom. The molecule has 1 rings (SSSR count). The molecule has 0 atom stereocenters. The second-order valence-corrected chi connectivity index (χ2v) is 3.03. The summed E-state index contributed by atoms with van der Waals surface area (Å²) in [5.41, 5.74) is 1.04.